The van der Waals surface area contributed by atoms with E-state index >= 15 is 0 Å². The number of likely N-dealkylation sites (N-methyl/N-ethyl adjacent to an activating group) is 1. The van der Waals surface area contributed by atoms with Gasteiger partial charge in [0.05, 0.1) is 13.2 Å². The maximum absolute atomic E-state index is 12.1. The first-order valence-electron chi connectivity index (χ1n) is 5.75. The molecule has 96 valence electrons. The quantitative estimate of drug-likeness (QED) is 0.413. The molecule has 1 heterocycles. The summed E-state index contributed by atoms with van der Waals surface area (Å²) in [5, 5.41) is 0. The van der Waals surface area contributed by atoms with Crippen LogP contribution in [0.15, 0.2) is 12.2 Å². The number of rotatable bonds is 4. The lowest BCUT2D eigenvalue weighted by Crippen LogP contribution is -2.57. The van der Waals surface area contributed by atoms with Gasteiger partial charge in [-0.15, -0.1) is 0 Å². The van der Waals surface area contributed by atoms with Gasteiger partial charge in [0, 0.05) is 6.54 Å². The van der Waals surface area contributed by atoms with Crippen molar-refractivity contribution in [3.8, 4) is 0 Å². The average Bonchev–Trinajstić information content (AvgIpc) is 2.56. The predicted octanol–water partition coefficient (Wildman–Crippen LogP) is 0.743. The fourth-order valence-corrected chi connectivity index (χ4v) is 2.08. The summed E-state index contributed by atoms with van der Waals surface area (Å²) in [5.74, 6) is -1.19. The van der Waals surface area contributed by atoms with Crippen molar-refractivity contribution in [3.63, 3.8) is 0 Å². The van der Waals surface area contributed by atoms with E-state index < -0.39 is 17.5 Å². The molecule has 0 amide bonds. The third-order valence-corrected chi connectivity index (χ3v) is 2.97. The molecule has 1 rings (SSSR count). The van der Waals surface area contributed by atoms with Crippen LogP contribution in [0.3, 0.4) is 0 Å². The van der Waals surface area contributed by atoms with Gasteiger partial charge < -0.3 is 9.47 Å². The number of ether oxygens (including phenoxy) is 2. The van der Waals surface area contributed by atoms with Crippen molar-refractivity contribution in [2.24, 2.45) is 0 Å². The van der Waals surface area contributed by atoms with Crippen molar-refractivity contribution in [2.75, 3.05) is 26.8 Å². The molecule has 0 radical (unpaired) electrons. The number of nitrogens with zero attached hydrogens (tertiary/aromatic N) is 1. The van der Waals surface area contributed by atoms with Crippen LogP contribution in [-0.2, 0) is 19.1 Å². The van der Waals surface area contributed by atoms with Crippen molar-refractivity contribution in [3.05, 3.63) is 12.2 Å². The van der Waals surface area contributed by atoms with E-state index in [4.69, 9.17) is 9.47 Å². The predicted molar refractivity (Wildman–Crippen MR) is 62.4 cm³/mol. The lowest BCUT2D eigenvalue weighted by atomic mass is 9.92. The van der Waals surface area contributed by atoms with Gasteiger partial charge in [0.1, 0.15) is 0 Å². The zero-order valence-corrected chi connectivity index (χ0v) is 10.6. The van der Waals surface area contributed by atoms with E-state index in [-0.39, 0.29) is 13.2 Å². The van der Waals surface area contributed by atoms with Gasteiger partial charge in [0.15, 0.2) is 0 Å². The monoisotopic (exact) mass is 241 g/mol. The molecule has 1 fully saturated rings. The molecule has 0 aromatic carbocycles. The number of esters is 2. The molecule has 1 saturated heterocycles. The lowest BCUT2D eigenvalue weighted by Gasteiger charge is -2.31. The summed E-state index contributed by atoms with van der Waals surface area (Å²) in [6.07, 6.45) is 0.591. The van der Waals surface area contributed by atoms with E-state index in [1.54, 1.807) is 25.8 Å². The fourth-order valence-electron chi connectivity index (χ4n) is 2.08. The Morgan fingerprint density at radius 1 is 1.29 bits per heavy atom. The number of hydrogen-bond acceptors (Lipinski definition) is 5. The first-order valence-corrected chi connectivity index (χ1v) is 5.75. The number of likely N-dealkylation sites (tertiary alicyclic amines) is 1. The number of carbonyl (C=O) groups is 2. The largest absolute Gasteiger partial charge is 0.464 e. The minimum Gasteiger partial charge on any atom is -0.464 e. The number of hydrogen-bond donors (Lipinski definition) is 0. The molecule has 1 aliphatic heterocycles. The van der Waals surface area contributed by atoms with E-state index in [0.717, 1.165) is 0 Å². The smallest absolute Gasteiger partial charge is 0.342 e. The van der Waals surface area contributed by atoms with Gasteiger partial charge in [0.25, 0.3) is 0 Å². The Hall–Kier alpha value is -1.36. The normalized spacial score (nSPS) is 19.1. The van der Waals surface area contributed by atoms with E-state index in [0.29, 0.717) is 18.5 Å². The molecule has 0 saturated carbocycles. The highest BCUT2D eigenvalue weighted by Gasteiger charge is 2.57. The highest BCUT2D eigenvalue weighted by molar-refractivity contribution is 6.09. The SMILES string of the molecule is C=C1CCN(C)C1(C(=O)OCC)C(=O)OCC. The first-order chi connectivity index (χ1) is 8.01. The Balaban J connectivity index is 3.12. The van der Waals surface area contributed by atoms with Gasteiger partial charge in [0.2, 0.25) is 5.54 Å². The molecule has 0 aromatic heterocycles. The minimum atomic E-state index is -1.45. The van der Waals surface area contributed by atoms with Crippen LogP contribution in [0.25, 0.3) is 0 Å². The summed E-state index contributed by atoms with van der Waals surface area (Å²) in [7, 11) is 1.70. The Morgan fingerprint density at radius 2 is 1.76 bits per heavy atom. The fraction of sp³-hybridized carbons (Fsp3) is 0.667. The summed E-state index contributed by atoms with van der Waals surface area (Å²) < 4.78 is 9.99. The van der Waals surface area contributed by atoms with Gasteiger partial charge in [-0.05, 0) is 32.9 Å². The van der Waals surface area contributed by atoms with Crippen LogP contribution in [0.1, 0.15) is 20.3 Å². The summed E-state index contributed by atoms with van der Waals surface area (Å²) in [6, 6.07) is 0. The van der Waals surface area contributed by atoms with Crippen LogP contribution in [0.4, 0.5) is 0 Å². The maximum atomic E-state index is 12.1. The zero-order chi connectivity index (χ0) is 13.1. The standard InChI is InChI=1S/C12H19NO4/c1-5-16-10(14)12(11(15)17-6-2)9(3)7-8-13(12)4/h3,5-8H2,1-2,4H3. The second-order valence-corrected chi connectivity index (χ2v) is 3.93. The molecule has 17 heavy (non-hydrogen) atoms. The summed E-state index contributed by atoms with van der Waals surface area (Å²) in [5.41, 5.74) is -0.914. The highest BCUT2D eigenvalue weighted by atomic mass is 16.6. The second kappa shape index (κ2) is 5.31. The molecular weight excluding hydrogens is 222 g/mol. The van der Waals surface area contributed by atoms with Crippen LogP contribution in [0, 0.1) is 0 Å². The Labute approximate surface area is 101 Å². The van der Waals surface area contributed by atoms with E-state index in [9.17, 15) is 9.59 Å². The summed E-state index contributed by atoms with van der Waals surface area (Å²) >= 11 is 0. The molecule has 0 aliphatic carbocycles. The van der Waals surface area contributed by atoms with Crippen molar-refractivity contribution in [1.82, 2.24) is 4.90 Å². The van der Waals surface area contributed by atoms with Gasteiger partial charge in [-0.3, -0.25) is 4.90 Å². The van der Waals surface area contributed by atoms with Crippen LogP contribution >= 0.6 is 0 Å². The summed E-state index contributed by atoms with van der Waals surface area (Å²) in [6.45, 7) is 8.27. The van der Waals surface area contributed by atoms with E-state index in [2.05, 4.69) is 6.58 Å². The second-order valence-electron chi connectivity index (χ2n) is 3.93. The van der Waals surface area contributed by atoms with Crippen LogP contribution in [-0.4, -0.2) is 49.2 Å². The van der Waals surface area contributed by atoms with Crippen LogP contribution in [0.5, 0.6) is 0 Å². The van der Waals surface area contributed by atoms with Crippen molar-refractivity contribution in [2.45, 2.75) is 25.8 Å². The average molecular weight is 241 g/mol. The molecule has 0 N–H and O–H groups in total. The molecule has 5 heteroatoms. The minimum absolute atomic E-state index is 0.223. The highest BCUT2D eigenvalue weighted by Crippen LogP contribution is 2.34. The van der Waals surface area contributed by atoms with Crippen molar-refractivity contribution < 1.29 is 19.1 Å². The third kappa shape index (κ3) is 2.07. The van der Waals surface area contributed by atoms with E-state index in [1.165, 1.54) is 0 Å². The third-order valence-electron chi connectivity index (χ3n) is 2.97. The van der Waals surface area contributed by atoms with Crippen LogP contribution < -0.4 is 0 Å². The molecule has 0 aromatic rings. The van der Waals surface area contributed by atoms with Gasteiger partial charge >= 0.3 is 11.9 Å². The Morgan fingerprint density at radius 3 is 2.06 bits per heavy atom. The topological polar surface area (TPSA) is 55.8 Å². The molecule has 5 nitrogen and oxygen atoms in total. The molecule has 0 spiro atoms. The Kier molecular flexibility index (Phi) is 4.28. The molecule has 0 bridgehead atoms. The zero-order valence-electron chi connectivity index (χ0n) is 10.6. The molecule has 0 atom stereocenters. The van der Waals surface area contributed by atoms with Crippen molar-refractivity contribution >= 4 is 11.9 Å². The van der Waals surface area contributed by atoms with Crippen LogP contribution in [0.2, 0.25) is 0 Å². The number of carbonyl (C=O) groups excluding carboxylic acids is 2. The van der Waals surface area contributed by atoms with E-state index in [1.807, 2.05) is 0 Å². The van der Waals surface area contributed by atoms with Crippen molar-refractivity contribution in [1.29, 1.82) is 0 Å². The Bertz CT molecular complexity index is 319. The van der Waals surface area contributed by atoms with Gasteiger partial charge in [-0.25, -0.2) is 9.59 Å². The maximum Gasteiger partial charge on any atom is 0.342 e. The molecule has 1 aliphatic rings. The van der Waals surface area contributed by atoms with Gasteiger partial charge in [-0.2, -0.15) is 0 Å². The molecule has 0 unspecified atom stereocenters. The van der Waals surface area contributed by atoms with Gasteiger partial charge in [-0.1, -0.05) is 6.58 Å². The first kappa shape index (κ1) is 13.7. The summed E-state index contributed by atoms with van der Waals surface area (Å²) in [4.78, 5) is 25.8. The molecular formula is C12H19NO4. The lowest BCUT2D eigenvalue weighted by molar-refractivity contribution is -0.168.